The summed E-state index contributed by atoms with van der Waals surface area (Å²) in [6.45, 7) is 5.66. The standard InChI is InChI=1S/C21H31N3O4S/c1-3-24(19-11-14-29(27,28)15-19)21(26)16(2)23-12-9-17(10-13-23)20(25)22-18-7-5-4-6-8-18/h4-8,16-17,19H,3,9-15H2,1-2H3,(H,22,25)/t16-,19-/m0/s1. The first kappa shape index (κ1) is 21.8. The lowest BCUT2D eigenvalue weighted by atomic mass is 9.94. The number of amides is 2. The predicted molar refractivity (Wildman–Crippen MR) is 113 cm³/mol. The van der Waals surface area contributed by atoms with Crippen LogP contribution in [-0.2, 0) is 19.4 Å². The molecule has 160 valence electrons. The Hall–Kier alpha value is -1.93. The summed E-state index contributed by atoms with van der Waals surface area (Å²) >= 11 is 0. The number of benzene rings is 1. The molecule has 0 bridgehead atoms. The van der Waals surface area contributed by atoms with Crippen LogP contribution in [0.5, 0.6) is 0 Å². The van der Waals surface area contributed by atoms with Crippen LogP contribution >= 0.6 is 0 Å². The first-order valence-electron chi connectivity index (χ1n) is 10.4. The molecule has 0 aliphatic carbocycles. The van der Waals surface area contributed by atoms with Gasteiger partial charge in [-0.1, -0.05) is 18.2 Å². The fourth-order valence-electron chi connectivity index (χ4n) is 4.33. The molecule has 3 rings (SSSR count). The molecule has 0 radical (unpaired) electrons. The lowest BCUT2D eigenvalue weighted by Crippen LogP contribution is -2.53. The number of carbonyl (C=O) groups excluding carboxylic acids is 2. The van der Waals surface area contributed by atoms with E-state index in [1.54, 1.807) is 4.90 Å². The zero-order valence-electron chi connectivity index (χ0n) is 17.2. The summed E-state index contributed by atoms with van der Waals surface area (Å²) in [5, 5.41) is 2.96. The van der Waals surface area contributed by atoms with E-state index in [1.807, 2.05) is 44.2 Å². The Morgan fingerprint density at radius 3 is 2.38 bits per heavy atom. The number of para-hydroxylation sites is 1. The summed E-state index contributed by atoms with van der Waals surface area (Å²) in [5.74, 6) is 0.192. The molecule has 7 nitrogen and oxygen atoms in total. The Morgan fingerprint density at radius 1 is 1.17 bits per heavy atom. The van der Waals surface area contributed by atoms with Gasteiger partial charge in [0.15, 0.2) is 9.84 Å². The van der Waals surface area contributed by atoms with Gasteiger partial charge in [0.05, 0.1) is 17.5 Å². The molecule has 2 aliphatic rings. The van der Waals surface area contributed by atoms with Gasteiger partial charge in [0.25, 0.3) is 0 Å². The van der Waals surface area contributed by atoms with Crippen molar-refractivity contribution >= 4 is 27.3 Å². The van der Waals surface area contributed by atoms with E-state index in [9.17, 15) is 18.0 Å². The van der Waals surface area contributed by atoms with Crippen molar-refractivity contribution in [1.82, 2.24) is 9.80 Å². The van der Waals surface area contributed by atoms with E-state index in [-0.39, 0.29) is 41.3 Å². The molecule has 0 spiro atoms. The second-order valence-corrected chi connectivity index (χ2v) is 10.3. The van der Waals surface area contributed by atoms with Crippen molar-refractivity contribution in [3.63, 3.8) is 0 Å². The summed E-state index contributed by atoms with van der Waals surface area (Å²) in [4.78, 5) is 29.4. The van der Waals surface area contributed by atoms with E-state index in [2.05, 4.69) is 10.2 Å². The maximum absolute atomic E-state index is 13.0. The summed E-state index contributed by atoms with van der Waals surface area (Å²) in [6, 6.07) is 8.91. The van der Waals surface area contributed by atoms with E-state index in [0.717, 1.165) is 5.69 Å². The number of anilines is 1. The van der Waals surface area contributed by atoms with E-state index < -0.39 is 9.84 Å². The fourth-order valence-corrected chi connectivity index (χ4v) is 6.06. The van der Waals surface area contributed by atoms with Crippen LogP contribution in [0.15, 0.2) is 30.3 Å². The molecular weight excluding hydrogens is 390 g/mol. The van der Waals surface area contributed by atoms with Crippen LogP contribution in [-0.4, -0.2) is 73.3 Å². The average molecular weight is 422 g/mol. The Bertz CT molecular complexity index is 820. The van der Waals surface area contributed by atoms with Crippen molar-refractivity contribution in [3.05, 3.63) is 30.3 Å². The number of likely N-dealkylation sites (N-methyl/N-ethyl adjacent to an activating group) is 1. The number of rotatable bonds is 6. The number of carbonyl (C=O) groups is 2. The number of hydrogen-bond donors (Lipinski definition) is 1. The van der Waals surface area contributed by atoms with Gasteiger partial charge in [-0.3, -0.25) is 14.5 Å². The zero-order chi connectivity index (χ0) is 21.0. The van der Waals surface area contributed by atoms with Crippen LogP contribution in [0.25, 0.3) is 0 Å². The highest BCUT2D eigenvalue weighted by Gasteiger charge is 2.37. The Labute approximate surface area is 173 Å². The van der Waals surface area contributed by atoms with E-state index in [1.165, 1.54) is 0 Å². The number of nitrogens with zero attached hydrogens (tertiary/aromatic N) is 2. The number of likely N-dealkylation sites (tertiary alicyclic amines) is 1. The highest BCUT2D eigenvalue weighted by atomic mass is 32.2. The first-order chi connectivity index (χ1) is 13.8. The summed E-state index contributed by atoms with van der Waals surface area (Å²) in [6.07, 6.45) is 1.94. The van der Waals surface area contributed by atoms with Crippen molar-refractivity contribution < 1.29 is 18.0 Å². The molecule has 8 heteroatoms. The fraction of sp³-hybridized carbons (Fsp3) is 0.619. The van der Waals surface area contributed by atoms with Gasteiger partial charge in [-0.15, -0.1) is 0 Å². The van der Waals surface area contributed by atoms with Gasteiger partial charge in [0.1, 0.15) is 0 Å². The first-order valence-corrected chi connectivity index (χ1v) is 12.2. The van der Waals surface area contributed by atoms with Crippen molar-refractivity contribution in [3.8, 4) is 0 Å². The van der Waals surface area contributed by atoms with Gasteiger partial charge >= 0.3 is 0 Å². The number of piperidine rings is 1. The second-order valence-electron chi connectivity index (χ2n) is 8.02. The number of nitrogens with one attached hydrogen (secondary N) is 1. The van der Waals surface area contributed by atoms with Gasteiger partial charge in [0.2, 0.25) is 11.8 Å². The smallest absolute Gasteiger partial charge is 0.239 e. The Kier molecular flexibility index (Phi) is 6.95. The van der Waals surface area contributed by atoms with Crippen molar-refractivity contribution in [2.75, 3.05) is 36.5 Å². The molecular formula is C21H31N3O4S. The molecule has 2 fully saturated rings. The third-order valence-electron chi connectivity index (χ3n) is 6.12. The number of hydrogen-bond acceptors (Lipinski definition) is 5. The molecule has 2 heterocycles. The van der Waals surface area contributed by atoms with Gasteiger partial charge < -0.3 is 10.2 Å². The third kappa shape index (κ3) is 5.36. The number of sulfone groups is 1. The molecule has 2 amide bonds. The van der Waals surface area contributed by atoms with Gasteiger partial charge in [-0.05, 0) is 58.3 Å². The normalized spacial score (nSPS) is 23.4. The highest BCUT2D eigenvalue weighted by molar-refractivity contribution is 7.91. The second kappa shape index (κ2) is 9.26. The van der Waals surface area contributed by atoms with Crippen LogP contribution in [0.1, 0.15) is 33.1 Å². The predicted octanol–water partition coefficient (Wildman–Crippen LogP) is 1.76. The minimum absolute atomic E-state index is 0.0122. The zero-order valence-corrected chi connectivity index (χ0v) is 18.0. The summed E-state index contributed by atoms with van der Waals surface area (Å²) < 4.78 is 23.6. The molecule has 1 aromatic carbocycles. The average Bonchev–Trinajstić information content (AvgIpc) is 3.08. The van der Waals surface area contributed by atoms with Crippen LogP contribution in [0.2, 0.25) is 0 Å². The largest absolute Gasteiger partial charge is 0.338 e. The van der Waals surface area contributed by atoms with E-state index in [0.29, 0.717) is 38.9 Å². The quantitative estimate of drug-likeness (QED) is 0.756. The van der Waals surface area contributed by atoms with E-state index in [4.69, 9.17) is 0 Å². The highest BCUT2D eigenvalue weighted by Crippen LogP contribution is 2.24. The molecule has 2 aliphatic heterocycles. The summed E-state index contributed by atoms with van der Waals surface area (Å²) in [5.41, 5.74) is 0.800. The van der Waals surface area contributed by atoms with Crippen molar-refractivity contribution in [2.24, 2.45) is 5.92 Å². The SMILES string of the molecule is CCN(C(=O)[C@H](C)N1CCC(C(=O)Nc2ccccc2)CC1)[C@H]1CCS(=O)(=O)C1. The van der Waals surface area contributed by atoms with Gasteiger partial charge in [-0.25, -0.2) is 8.42 Å². The van der Waals surface area contributed by atoms with Gasteiger partial charge in [-0.2, -0.15) is 0 Å². The molecule has 1 aromatic rings. The maximum atomic E-state index is 13.0. The van der Waals surface area contributed by atoms with Crippen LogP contribution in [0.3, 0.4) is 0 Å². The summed E-state index contributed by atoms with van der Waals surface area (Å²) in [7, 11) is -3.03. The van der Waals surface area contributed by atoms with Crippen LogP contribution in [0.4, 0.5) is 5.69 Å². The minimum atomic E-state index is -3.03. The molecule has 0 saturated carbocycles. The minimum Gasteiger partial charge on any atom is -0.338 e. The van der Waals surface area contributed by atoms with Crippen molar-refractivity contribution in [2.45, 2.75) is 45.2 Å². The van der Waals surface area contributed by atoms with Crippen LogP contribution in [0, 0.1) is 5.92 Å². The molecule has 0 aromatic heterocycles. The van der Waals surface area contributed by atoms with Crippen molar-refractivity contribution in [1.29, 1.82) is 0 Å². The molecule has 0 unspecified atom stereocenters. The molecule has 2 atom stereocenters. The third-order valence-corrected chi connectivity index (χ3v) is 7.87. The maximum Gasteiger partial charge on any atom is 0.239 e. The Morgan fingerprint density at radius 2 is 1.83 bits per heavy atom. The monoisotopic (exact) mass is 421 g/mol. The molecule has 2 saturated heterocycles. The molecule has 1 N–H and O–H groups in total. The van der Waals surface area contributed by atoms with Crippen LogP contribution < -0.4 is 5.32 Å². The topological polar surface area (TPSA) is 86.8 Å². The lowest BCUT2D eigenvalue weighted by Gasteiger charge is -2.38. The Balaban J connectivity index is 1.53. The molecule has 29 heavy (non-hydrogen) atoms. The van der Waals surface area contributed by atoms with E-state index >= 15 is 0 Å². The van der Waals surface area contributed by atoms with Gasteiger partial charge in [0, 0.05) is 24.2 Å². The lowest BCUT2D eigenvalue weighted by molar-refractivity contribution is -0.138.